The van der Waals surface area contributed by atoms with Gasteiger partial charge >= 0.3 is 11.8 Å². The van der Waals surface area contributed by atoms with Gasteiger partial charge in [0.05, 0.1) is 23.5 Å². The lowest BCUT2D eigenvalue weighted by atomic mass is 10.1. The first-order chi connectivity index (χ1) is 18.2. The lowest BCUT2D eigenvalue weighted by molar-refractivity contribution is -0.139. The summed E-state index contributed by atoms with van der Waals surface area (Å²) in [5, 5.41) is 9.77. The number of hydrazone groups is 1. The zero-order chi connectivity index (χ0) is 27.5. The van der Waals surface area contributed by atoms with Crippen molar-refractivity contribution in [1.82, 2.24) is 10.7 Å². The van der Waals surface area contributed by atoms with E-state index in [2.05, 4.69) is 21.2 Å². The fourth-order valence-corrected chi connectivity index (χ4v) is 3.55. The van der Waals surface area contributed by atoms with Gasteiger partial charge < -0.3 is 20.1 Å². The number of carbonyl (C=O) groups is 3. The number of hydrogen-bond donors (Lipinski definition) is 3. The number of carbonyl (C=O) groups excluding carboxylic acids is 3. The average molecular weight is 557 g/mol. The minimum Gasteiger partial charge on any atom is -0.490 e. The summed E-state index contributed by atoms with van der Waals surface area (Å²) in [6, 6.07) is 17.2. The van der Waals surface area contributed by atoms with Crippen molar-refractivity contribution < 1.29 is 23.9 Å². The molecule has 0 saturated carbocycles. The summed E-state index contributed by atoms with van der Waals surface area (Å²) < 4.78 is 11.2. The van der Waals surface area contributed by atoms with Crippen LogP contribution in [-0.4, -0.2) is 37.1 Å². The Balaban J connectivity index is 1.52. The van der Waals surface area contributed by atoms with Crippen LogP contribution in [0.4, 0.5) is 5.69 Å². The van der Waals surface area contributed by atoms with Crippen molar-refractivity contribution in [2.75, 3.05) is 18.5 Å². The second kappa shape index (κ2) is 14.0. The highest BCUT2D eigenvalue weighted by Crippen LogP contribution is 2.29. The van der Waals surface area contributed by atoms with Crippen molar-refractivity contribution in [3.05, 3.63) is 87.4 Å². The van der Waals surface area contributed by atoms with Crippen molar-refractivity contribution in [3.63, 3.8) is 0 Å². The van der Waals surface area contributed by atoms with E-state index in [4.69, 9.17) is 32.7 Å². The van der Waals surface area contributed by atoms with Crippen molar-refractivity contribution in [3.8, 4) is 11.5 Å². The van der Waals surface area contributed by atoms with Crippen LogP contribution in [0.25, 0.3) is 0 Å². The number of hydrogen-bond acceptors (Lipinski definition) is 6. The molecule has 0 aromatic heterocycles. The fourth-order valence-electron chi connectivity index (χ4n) is 3.10. The smallest absolute Gasteiger partial charge is 0.329 e. The Kier molecular flexibility index (Phi) is 10.5. The Morgan fingerprint density at radius 2 is 1.68 bits per heavy atom. The van der Waals surface area contributed by atoms with E-state index in [0.717, 1.165) is 11.1 Å². The number of amides is 3. The Hall–Kier alpha value is -4.08. The maximum atomic E-state index is 12.3. The largest absolute Gasteiger partial charge is 0.490 e. The molecule has 11 heteroatoms. The highest BCUT2D eigenvalue weighted by atomic mass is 35.5. The molecule has 0 spiro atoms. The van der Waals surface area contributed by atoms with Crippen LogP contribution in [0.3, 0.4) is 0 Å². The molecule has 3 aromatic rings. The molecule has 3 N–H and O–H groups in total. The van der Waals surface area contributed by atoms with E-state index in [-0.39, 0.29) is 13.2 Å². The molecule has 3 amide bonds. The molecule has 0 aliphatic heterocycles. The van der Waals surface area contributed by atoms with E-state index in [0.29, 0.717) is 39.4 Å². The summed E-state index contributed by atoms with van der Waals surface area (Å²) in [6.07, 6.45) is 1.35. The number of nitrogens with one attached hydrogen (secondary N) is 3. The molecule has 198 valence electrons. The Bertz CT molecular complexity index is 1330. The fraction of sp³-hybridized carbons (Fsp3) is 0.185. The van der Waals surface area contributed by atoms with Gasteiger partial charge in [-0.1, -0.05) is 53.0 Å². The first-order valence-electron chi connectivity index (χ1n) is 11.6. The molecule has 3 rings (SSSR count). The van der Waals surface area contributed by atoms with Crippen LogP contribution in [0.5, 0.6) is 11.5 Å². The second-order valence-electron chi connectivity index (χ2n) is 7.97. The van der Waals surface area contributed by atoms with Gasteiger partial charge in [0.15, 0.2) is 18.1 Å². The summed E-state index contributed by atoms with van der Waals surface area (Å²) in [6.45, 7) is 4.04. The van der Waals surface area contributed by atoms with E-state index in [1.54, 1.807) is 37.3 Å². The molecule has 9 nitrogen and oxygen atoms in total. The normalized spacial score (nSPS) is 10.6. The standard InChI is InChI=1S/C27H26Cl2N4O5/c1-3-37-24-12-19(15-31-33-27(36)26(35)30-14-18-6-4-17(2)5-7-18)8-11-23(24)38-16-25(34)32-22-10-9-20(28)13-21(22)29/h4-13,15H,3,14,16H2,1-2H3,(H,30,35)(H,32,34)(H,33,36)/b31-15-. The van der Waals surface area contributed by atoms with E-state index < -0.39 is 17.7 Å². The molecule has 0 bridgehead atoms. The summed E-state index contributed by atoms with van der Waals surface area (Å²) in [4.78, 5) is 36.3. The SMILES string of the molecule is CCOc1cc(/C=N\NC(=O)C(=O)NCc2ccc(C)cc2)ccc1OCC(=O)Nc1ccc(Cl)cc1Cl. The lowest BCUT2D eigenvalue weighted by Gasteiger charge is -2.13. The number of halogens is 2. The minimum absolute atomic E-state index is 0.222. The minimum atomic E-state index is -0.898. The van der Waals surface area contributed by atoms with E-state index >= 15 is 0 Å². The van der Waals surface area contributed by atoms with Crippen LogP contribution >= 0.6 is 23.2 Å². The van der Waals surface area contributed by atoms with Crippen LogP contribution in [0.2, 0.25) is 10.0 Å². The molecule has 0 unspecified atom stereocenters. The number of nitrogens with zero attached hydrogens (tertiary/aromatic N) is 1. The van der Waals surface area contributed by atoms with Gasteiger partial charge in [-0.2, -0.15) is 5.10 Å². The predicted molar refractivity (Wildman–Crippen MR) is 147 cm³/mol. The lowest BCUT2D eigenvalue weighted by Crippen LogP contribution is -2.37. The third-order valence-corrected chi connectivity index (χ3v) is 5.54. The molecule has 0 aliphatic carbocycles. The number of rotatable bonds is 10. The Morgan fingerprint density at radius 3 is 2.39 bits per heavy atom. The first-order valence-corrected chi connectivity index (χ1v) is 12.3. The van der Waals surface area contributed by atoms with Crippen LogP contribution in [0.15, 0.2) is 65.8 Å². The van der Waals surface area contributed by atoms with Gasteiger partial charge in [-0.25, -0.2) is 5.43 Å². The zero-order valence-corrected chi connectivity index (χ0v) is 22.2. The highest BCUT2D eigenvalue weighted by Gasteiger charge is 2.13. The van der Waals surface area contributed by atoms with Crippen molar-refractivity contribution in [2.24, 2.45) is 5.10 Å². The third kappa shape index (κ3) is 8.79. The highest BCUT2D eigenvalue weighted by molar-refractivity contribution is 6.36. The quantitative estimate of drug-likeness (QED) is 0.193. The van der Waals surface area contributed by atoms with Crippen LogP contribution in [0, 0.1) is 6.92 Å². The second-order valence-corrected chi connectivity index (χ2v) is 8.81. The maximum absolute atomic E-state index is 12.3. The number of ether oxygens (including phenoxy) is 2. The number of benzene rings is 3. The van der Waals surface area contributed by atoms with Gasteiger partial charge in [0.1, 0.15) is 0 Å². The monoisotopic (exact) mass is 556 g/mol. The topological polar surface area (TPSA) is 118 Å². The van der Waals surface area contributed by atoms with E-state index in [9.17, 15) is 14.4 Å². The first kappa shape index (κ1) is 28.5. The van der Waals surface area contributed by atoms with Gasteiger partial charge in [-0.05, 0) is 61.4 Å². The molecule has 0 saturated heterocycles. The molecule has 38 heavy (non-hydrogen) atoms. The van der Waals surface area contributed by atoms with Crippen molar-refractivity contribution >= 4 is 52.8 Å². The van der Waals surface area contributed by atoms with Gasteiger partial charge in [0.2, 0.25) is 0 Å². The molecule has 0 heterocycles. The van der Waals surface area contributed by atoms with Crippen molar-refractivity contribution in [1.29, 1.82) is 0 Å². The van der Waals surface area contributed by atoms with Gasteiger partial charge in [0, 0.05) is 11.6 Å². The van der Waals surface area contributed by atoms with Gasteiger partial charge in [0.25, 0.3) is 5.91 Å². The predicted octanol–water partition coefficient (Wildman–Crippen LogP) is 4.48. The molecule has 3 aromatic carbocycles. The molecule has 0 aliphatic rings. The average Bonchev–Trinajstić information content (AvgIpc) is 2.89. The number of anilines is 1. The summed E-state index contributed by atoms with van der Waals surface area (Å²) in [5.41, 5.74) is 5.14. The van der Waals surface area contributed by atoms with Gasteiger partial charge in [-0.15, -0.1) is 0 Å². The van der Waals surface area contributed by atoms with E-state index in [1.807, 2.05) is 31.2 Å². The van der Waals surface area contributed by atoms with Crippen LogP contribution in [0.1, 0.15) is 23.6 Å². The molecular formula is C27H26Cl2N4O5. The summed E-state index contributed by atoms with van der Waals surface area (Å²) in [7, 11) is 0. The van der Waals surface area contributed by atoms with Crippen LogP contribution in [-0.2, 0) is 20.9 Å². The molecule has 0 radical (unpaired) electrons. The number of aryl methyl sites for hydroxylation is 1. The molecule has 0 fully saturated rings. The Morgan fingerprint density at radius 1 is 0.921 bits per heavy atom. The zero-order valence-electron chi connectivity index (χ0n) is 20.7. The maximum Gasteiger partial charge on any atom is 0.329 e. The molecular weight excluding hydrogens is 531 g/mol. The van der Waals surface area contributed by atoms with Crippen molar-refractivity contribution in [2.45, 2.75) is 20.4 Å². The van der Waals surface area contributed by atoms with Gasteiger partial charge in [-0.3, -0.25) is 14.4 Å². The summed E-state index contributed by atoms with van der Waals surface area (Å²) >= 11 is 11.9. The summed E-state index contributed by atoms with van der Waals surface area (Å²) in [5.74, 6) is -1.42. The van der Waals surface area contributed by atoms with E-state index in [1.165, 1.54) is 12.3 Å². The van der Waals surface area contributed by atoms with Crippen LogP contribution < -0.4 is 25.5 Å². The molecule has 0 atom stereocenters. The third-order valence-electron chi connectivity index (χ3n) is 4.99. The Labute approximate surface area is 230 Å².